The largest absolute Gasteiger partial charge is 0.354 e. The average Bonchev–Trinajstić information content (AvgIpc) is 2.63. The van der Waals surface area contributed by atoms with Gasteiger partial charge in [0.05, 0.1) is 11.4 Å². The van der Waals surface area contributed by atoms with Crippen molar-refractivity contribution in [2.45, 2.75) is 17.6 Å². The number of sulfonamides is 1. The number of nitrogens with one attached hydrogen (secondary N) is 1. The lowest BCUT2D eigenvalue weighted by Gasteiger charge is -2.17. The van der Waals surface area contributed by atoms with E-state index in [1.165, 1.54) is 12.6 Å². The average molecular weight is 427 g/mol. The van der Waals surface area contributed by atoms with Gasteiger partial charge >= 0.3 is 0 Å². The lowest BCUT2D eigenvalue weighted by molar-refractivity contribution is -0.121. The van der Waals surface area contributed by atoms with Gasteiger partial charge in [0.25, 0.3) is 0 Å². The van der Waals surface area contributed by atoms with Crippen molar-refractivity contribution in [1.82, 2.24) is 9.62 Å². The summed E-state index contributed by atoms with van der Waals surface area (Å²) in [6, 6.07) is 14.2. The maximum atomic E-state index is 12.5. The van der Waals surface area contributed by atoms with E-state index in [1.54, 1.807) is 36.0 Å². The van der Waals surface area contributed by atoms with Crippen LogP contribution in [-0.2, 0) is 20.6 Å². The lowest BCUT2D eigenvalue weighted by Crippen LogP contribution is -2.39. The smallest absolute Gasteiger partial charge is 0.243 e. The van der Waals surface area contributed by atoms with Crippen molar-refractivity contribution in [1.29, 1.82) is 0 Å². The van der Waals surface area contributed by atoms with Crippen molar-refractivity contribution in [3.8, 4) is 0 Å². The van der Waals surface area contributed by atoms with E-state index in [4.69, 9.17) is 11.6 Å². The molecular formula is C19H23ClN2O3S2. The number of hydrogen-bond donors (Lipinski definition) is 1. The van der Waals surface area contributed by atoms with Crippen LogP contribution in [0.2, 0.25) is 5.02 Å². The van der Waals surface area contributed by atoms with Gasteiger partial charge in [-0.15, -0.1) is 0 Å². The zero-order valence-electron chi connectivity index (χ0n) is 15.3. The molecule has 0 radical (unpaired) electrons. The summed E-state index contributed by atoms with van der Waals surface area (Å²) in [6.07, 6.45) is 0. The predicted molar refractivity (Wildman–Crippen MR) is 112 cm³/mol. The number of likely N-dealkylation sites (N-methyl/N-ethyl adjacent to an activating group) is 1. The quantitative estimate of drug-likeness (QED) is 0.624. The molecule has 1 amide bonds. The molecule has 0 heterocycles. The molecule has 0 atom stereocenters. The summed E-state index contributed by atoms with van der Waals surface area (Å²) < 4.78 is 26.0. The highest BCUT2D eigenvalue weighted by Gasteiger charge is 2.22. The van der Waals surface area contributed by atoms with Crippen molar-refractivity contribution < 1.29 is 13.2 Å². The summed E-state index contributed by atoms with van der Waals surface area (Å²) in [5.74, 6) is 1.25. The molecule has 2 aromatic carbocycles. The van der Waals surface area contributed by atoms with E-state index in [0.29, 0.717) is 11.6 Å². The van der Waals surface area contributed by atoms with E-state index in [2.05, 4.69) is 5.32 Å². The van der Waals surface area contributed by atoms with Crippen LogP contribution in [0.25, 0.3) is 0 Å². The highest BCUT2D eigenvalue weighted by atomic mass is 35.5. The van der Waals surface area contributed by atoms with Crippen molar-refractivity contribution in [3.63, 3.8) is 0 Å². The molecule has 0 aliphatic heterocycles. The van der Waals surface area contributed by atoms with E-state index < -0.39 is 10.0 Å². The zero-order chi connectivity index (χ0) is 19.9. The number of thioether (sulfide) groups is 1. The van der Waals surface area contributed by atoms with E-state index in [1.807, 2.05) is 31.2 Å². The molecule has 27 heavy (non-hydrogen) atoms. The van der Waals surface area contributed by atoms with Gasteiger partial charge in [-0.2, -0.15) is 16.1 Å². The lowest BCUT2D eigenvalue weighted by atomic mass is 10.2. The van der Waals surface area contributed by atoms with E-state index in [0.717, 1.165) is 21.4 Å². The fourth-order valence-corrected chi connectivity index (χ4v) is 4.34. The number of carbonyl (C=O) groups excluding carboxylic acids is 1. The first-order valence-electron chi connectivity index (χ1n) is 8.41. The summed E-state index contributed by atoms with van der Waals surface area (Å²) in [5, 5.41) is 3.46. The normalized spacial score (nSPS) is 11.6. The molecule has 0 unspecified atom stereocenters. The van der Waals surface area contributed by atoms with Gasteiger partial charge in [-0.05, 0) is 36.8 Å². The minimum atomic E-state index is -3.67. The molecule has 1 N–H and O–H groups in total. The molecular weight excluding hydrogens is 404 g/mol. The Bertz CT molecular complexity index is 854. The van der Waals surface area contributed by atoms with Gasteiger partial charge in [-0.1, -0.05) is 41.4 Å². The first-order valence-corrected chi connectivity index (χ1v) is 11.4. The Morgan fingerprint density at radius 1 is 1.11 bits per heavy atom. The SMILES string of the molecule is Cc1ccc(S(=O)(=O)N(C)CC(=O)NCCSCc2ccc(Cl)cc2)cc1. The topological polar surface area (TPSA) is 66.5 Å². The summed E-state index contributed by atoms with van der Waals surface area (Å²) in [4.78, 5) is 12.2. The number of halogens is 1. The van der Waals surface area contributed by atoms with Gasteiger partial charge in [0.1, 0.15) is 0 Å². The van der Waals surface area contributed by atoms with Crippen molar-refractivity contribution in [3.05, 3.63) is 64.7 Å². The van der Waals surface area contributed by atoms with Gasteiger partial charge in [-0.25, -0.2) is 8.42 Å². The maximum Gasteiger partial charge on any atom is 0.243 e. The number of hydrogen-bond acceptors (Lipinski definition) is 4. The van der Waals surface area contributed by atoms with Crippen LogP contribution >= 0.6 is 23.4 Å². The van der Waals surface area contributed by atoms with Crippen LogP contribution in [0.5, 0.6) is 0 Å². The minimum absolute atomic E-state index is 0.182. The summed E-state index contributed by atoms with van der Waals surface area (Å²) in [7, 11) is -2.26. The second kappa shape index (κ2) is 10.1. The molecule has 5 nitrogen and oxygen atoms in total. The van der Waals surface area contributed by atoms with Crippen LogP contribution in [0.3, 0.4) is 0 Å². The number of rotatable bonds is 9. The van der Waals surface area contributed by atoms with Crippen molar-refractivity contribution in [2.24, 2.45) is 0 Å². The molecule has 146 valence electrons. The summed E-state index contributed by atoms with van der Waals surface area (Å²) >= 11 is 7.54. The molecule has 2 aromatic rings. The summed E-state index contributed by atoms with van der Waals surface area (Å²) in [6.45, 7) is 2.16. The third-order valence-electron chi connectivity index (χ3n) is 3.85. The first-order chi connectivity index (χ1) is 12.8. The fraction of sp³-hybridized carbons (Fsp3) is 0.316. The molecule has 0 fully saturated rings. The van der Waals surface area contributed by atoms with Gasteiger partial charge in [0.2, 0.25) is 15.9 Å². The molecule has 0 bridgehead atoms. The molecule has 0 aliphatic carbocycles. The molecule has 0 saturated heterocycles. The Morgan fingerprint density at radius 3 is 2.37 bits per heavy atom. The zero-order valence-corrected chi connectivity index (χ0v) is 17.7. The molecule has 8 heteroatoms. The Balaban J connectivity index is 1.73. The monoisotopic (exact) mass is 426 g/mol. The standard InChI is InChI=1S/C19H23ClN2O3S2/c1-15-3-9-18(10-4-15)27(24,25)22(2)13-19(23)21-11-12-26-14-16-5-7-17(20)8-6-16/h3-10H,11-14H2,1-2H3,(H,21,23). The number of aryl methyl sites for hydroxylation is 1. The molecule has 0 aliphatic rings. The highest BCUT2D eigenvalue weighted by molar-refractivity contribution is 7.98. The second-order valence-corrected chi connectivity index (χ2v) is 9.69. The Kier molecular flexibility index (Phi) is 8.16. The second-order valence-electron chi connectivity index (χ2n) is 6.10. The van der Waals surface area contributed by atoms with Gasteiger partial charge in [0.15, 0.2) is 0 Å². The molecule has 0 saturated carbocycles. The Labute approximate surface area is 170 Å². The van der Waals surface area contributed by atoms with Gasteiger partial charge in [-0.3, -0.25) is 4.79 Å². The highest BCUT2D eigenvalue weighted by Crippen LogP contribution is 2.16. The van der Waals surface area contributed by atoms with Crippen LogP contribution in [0.1, 0.15) is 11.1 Å². The summed E-state index contributed by atoms with van der Waals surface area (Å²) in [5.41, 5.74) is 2.14. The number of amides is 1. The van der Waals surface area contributed by atoms with Crippen LogP contribution in [-0.4, -0.2) is 44.5 Å². The maximum absolute atomic E-state index is 12.5. The molecule has 0 spiro atoms. The van der Waals surface area contributed by atoms with Crippen LogP contribution in [0.4, 0.5) is 0 Å². The minimum Gasteiger partial charge on any atom is -0.354 e. The number of benzene rings is 2. The van der Waals surface area contributed by atoms with Crippen LogP contribution in [0, 0.1) is 6.92 Å². The third-order valence-corrected chi connectivity index (χ3v) is 6.95. The van der Waals surface area contributed by atoms with Crippen molar-refractivity contribution >= 4 is 39.3 Å². The predicted octanol–water partition coefficient (Wildman–Crippen LogP) is 3.32. The first kappa shape index (κ1) is 21.8. The Hall–Kier alpha value is -1.54. The third kappa shape index (κ3) is 6.84. The molecule has 0 aromatic heterocycles. The van der Waals surface area contributed by atoms with Crippen LogP contribution in [0.15, 0.2) is 53.4 Å². The van der Waals surface area contributed by atoms with Gasteiger partial charge in [0, 0.05) is 30.1 Å². The van der Waals surface area contributed by atoms with E-state index in [-0.39, 0.29) is 17.3 Å². The number of carbonyl (C=O) groups is 1. The van der Waals surface area contributed by atoms with E-state index in [9.17, 15) is 13.2 Å². The number of nitrogens with zero attached hydrogens (tertiary/aromatic N) is 1. The Morgan fingerprint density at radius 2 is 1.74 bits per heavy atom. The van der Waals surface area contributed by atoms with Crippen molar-refractivity contribution in [2.75, 3.05) is 25.9 Å². The van der Waals surface area contributed by atoms with E-state index >= 15 is 0 Å². The van der Waals surface area contributed by atoms with Crippen LogP contribution < -0.4 is 5.32 Å². The fourth-order valence-electron chi connectivity index (χ4n) is 2.27. The molecule has 2 rings (SSSR count). The van der Waals surface area contributed by atoms with Gasteiger partial charge < -0.3 is 5.32 Å².